The Labute approximate surface area is 57.0 Å². The molecule has 0 rings (SSSR count). The zero-order chi connectivity index (χ0) is 7.44. The van der Waals surface area contributed by atoms with Crippen LogP contribution in [0.25, 0.3) is 0 Å². The second-order valence-electron chi connectivity index (χ2n) is 1.49. The number of carbonyl (C=O) groups excluding carboxylic acids is 3. The van der Waals surface area contributed by atoms with Crippen LogP contribution in [-0.4, -0.2) is 23.2 Å². The van der Waals surface area contributed by atoms with Crippen LogP contribution in [0.2, 0.25) is 0 Å². The van der Waals surface area contributed by atoms with Crippen LogP contribution in [-0.2, 0) is 14.4 Å². The molecule has 0 aliphatic carbocycles. The third kappa shape index (κ3) is 2.37. The largest absolute Gasteiger partial charge is 0.298 e. The van der Waals surface area contributed by atoms with Gasteiger partial charge in [-0.1, -0.05) is 0 Å². The van der Waals surface area contributed by atoms with E-state index in [1.165, 1.54) is 0 Å². The van der Waals surface area contributed by atoms with Gasteiger partial charge in [0.1, 0.15) is 0 Å². The normalized spacial score (nSPS) is 12.2. The molecule has 0 aromatic heterocycles. The molecule has 3 nitrogen and oxygen atoms in total. The van der Waals surface area contributed by atoms with E-state index in [1.54, 1.807) is 0 Å². The Kier molecular flexibility index (Phi) is 3.09. The van der Waals surface area contributed by atoms with E-state index in [9.17, 15) is 14.4 Å². The van der Waals surface area contributed by atoms with E-state index in [-0.39, 0.29) is 6.29 Å². The minimum atomic E-state index is -1.29. The van der Waals surface area contributed by atoms with E-state index >= 15 is 0 Å². The third-order valence-corrected chi connectivity index (χ3v) is 1.25. The number of Topliss-reactive ketones (excluding diaryl/α,β-unsaturated/α-hetero) is 2. The maximum absolute atomic E-state index is 10.2. The van der Waals surface area contributed by atoms with Gasteiger partial charge in [-0.05, 0) is 6.92 Å². The first-order chi connectivity index (χ1) is 4.09. The molecule has 50 valence electrons. The van der Waals surface area contributed by atoms with Crippen molar-refractivity contribution in [1.82, 2.24) is 0 Å². The van der Waals surface area contributed by atoms with Crippen molar-refractivity contribution in [3.8, 4) is 0 Å². The zero-order valence-electron chi connectivity index (χ0n) is 4.76. The summed E-state index contributed by atoms with van der Waals surface area (Å²) in [5.74, 6) is -1.39. The Hall–Kier alpha value is -0.700. The fraction of sp³-hybridized carbons (Fsp3) is 0.400. The van der Waals surface area contributed by atoms with Gasteiger partial charge in [0.2, 0.25) is 5.78 Å². The summed E-state index contributed by atoms with van der Waals surface area (Å²) < 4.78 is 0. The Balaban J connectivity index is 4.03. The van der Waals surface area contributed by atoms with Gasteiger partial charge in [-0.3, -0.25) is 14.4 Å². The van der Waals surface area contributed by atoms with Gasteiger partial charge < -0.3 is 0 Å². The Morgan fingerprint density at radius 2 is 2.00 bits per heavy atom. The molecule has 0 radical (unpaired) electrons. The van der Waals surface area contributed by atoms with E-state index in [4.69, 9.17) is 11.6 Å². The molecule has 0 heterocycles. The molecule has 0 saturated carbocycles. The maximum atomic E-state index is 10.2. The summed E-state index contributed by atoms with van der Waals surface area (Å²) in [6, 6.07) is 0. The Morgan fingerprint density at radius 1 is 1.56 bits per heavy atom. The van der Waals surface area contributed by atoms with E-state index in [0.29, 0.717) is 0 Å². The molecule has 0 bridgehead atoms. The van der Waals surface area contributed by atoms with Crippen LogP contribution >= 0.6 is 11.6 Å². The second-order valence-corrected chi connectivity index (χ2v) is 1.93. The predicted octanol–water partition coefficient (Wildman–Crippen LogP) is -0.0492. The van der Waals surface area contributed by atoms with E-state index < -0.39 is 16.9 Å². The molecule has 1 atom stereocenters. The summed E-state index contributed by atoms with van der Waals surface area (Å²) in [6.45, 7) is 1.15. The topological polar surface area (TPSA) is 51.2 Å². The predicted molar refractivity (Wildman–Crippen MR) is 31.4 cm³/mol. The molecule has 0 amide bonds. The molecule has 4 heteroatoms. The number of carbonyl (C=O) groups is 3. The number of rotatable bonds is 3. The quantitative estimate of drug-likeness (QED) is 0.244. The minimum absolute atomic E-state index is 0.0407. The van der Waals surface area contributed by atoms with Crippen LogP contribution in [0.15, 0.2) is 0 Å². The van der Waals surface area contributed by atoms with E-state index in [1.807, 2.05) is 0 Å². The lowest BCUT2D eigenvalue weighted by Crippen LogP contribution is -2.22. The number of halogens is 1. The Bertz CT molecular complexity index is 152. The molecule has 0 N–H and O–H groups in total. The highest BCUT2D eigenvalue weighted by atomic mass is 35.5. The lowest BCUT2D eigenvalue weighted by Gasteiger charge is -1.94. The zero-order valence-corrected chi connectivity index (χ0v) is 5.51. The van der Waals surface area contributed by atoms with Crippen molar-refractivity contribution in [3.63, 3.8) is 0 Å². The monoisotopic (exact) mass is 148 g/mol. The van der Waals surface area contributed by atoms with Crippen molar-refractivity contribution in [2.75, 3.05) is 0 Å². The first kappa shape index (κ1) is 8.30. The van der Waals surface area contributed by atoms with Gasteiger partial charge >= 0.3 is 0 Å². The summed E-state index contributed by atoms with van der Waals surface area (Å²) in [6.07, 6.45) is 0.0407. The summed E-state index contributed by atoms with van der Waals surface area (Å²) in [4.78, 5) is 30.1. The van der Waals surface area contributed by atoms with Crippen LogP contribution < -0.4 is 0 Å². The van der Waals surface area contributed by atoms with Crippen molar-refractivity contribution in [2.24, 2.45) is 0 Å². The maximum Gasteiger partial charge on any atom is 0.220 e. The summed E-state index contributed by atoms with van der Waals surface area (Å²) in [7, 11) is 0. The van der Waals surface area contributed by atoms with Crippen molar-refractivity contribution >= 4 is 29.5 Å². The lowest BCUT2D eigenvalue weighted by atomic mass is 10.2. The minimum Gasteiger partial charge on any atom is -0.298 e. The van der Waals surface area contributed by atoms with Crippen molar-refractivity contribution in [1.29, 1.82) is 0 Å². The first-order valence-corrected chi connectivity index (χ1v) is 2.66. The number of alkyl halides is 1. The van der Waals surface area contributed by atoms with Crippen LogP contribution in [0, 0.1) is 0 Å². The summed E-state index contributed by atoms with van der Waals surface area (Å²) >= 11 is 5.14. The van der Waals surface area contributed by atoms with Gasteiger partial charge in [-0.25, -0.2) is 0 Å². The highest BCUT2D eigenvalue weighted by Crippen LogP contribution is 1.96. The highest BCUT2D eigenvalue weighted by Gasteiger charge is 2.18. The number of hydrogen-bond donors (Lipinski definition) is 0. The molecule has 0 aliphatic heterocycles. The van der Waals surface area contributed by atoms with Crippen molar-refractivity contribution in [3.05, 3.63) is 0 Å². The average molecular weight is 149 g/mol. The molecular formula is C5H5ClO3. The van der Waals surface area contributed by atoms with Gasteiger partial charge in [-0.15, -0.1) is 11.6 Å². The van der Waals surface area contributed by atoms with Crippen LogP contribution in [0.5, 0.6) is 0 Å². The van der Waals surface area contributed by atoms with Gasteiger partial charge in [0, 0.05) is 0 Å². The molecule has 1 unspecified atom stereocenters. The third-order valence-electron chi connectivity index (χ3n) is 0.723. The summed E-state index contributed by atoms with van der Waals surface area (Å²) in [5, 5.41) is -1.29. The highest BCUT2D eigenvalue weighted by molar-refractivity contribution is 6.51. The molecule has 0 saturated heterocycles. The SMILES string of the molecule is CC(=O)C(Cl)C(=O)C=O. The van der Waals surface area contributed by atoms with Gasteiger partial charge in [0.05, 0.1) is 0 Å². The van der Waals surface area contributed by atoms with E-state index in [2.05, 4.69) is 0 Å². The lowest BCUT2D eigenvalue weighted by molar-refractivity contribution is -0.132. The van der Waals surface area contributed by atoms with Gasteiger partial charge in [-0.2, -0.15) is 0 Å². The standard InChI is InChI=1S/C5H5ClO3/c1-3(8)5(6)4(9)2-7/h2,5H,1H3. The fourth-order valence-electron chi connectivity index (χ4n) is 0.260. The molecule has 0 spiro atoms. The second kappa shape index (κ2) is 3.35. The molecule has 0 fully saturated rings. The van der Waals surface area contributed by atoms with Gasteiger partial charge in [0.25, 0.3) is 0 Å². The number of ketones is 2. The fourth-order valence-corrected chi connectivity index (χ4v) is 0.312. The van der Waals surface area contributed by atoms with Crippen LogP contribution in [0.3, 0.4) is 0 Å². The molecule has 0 aromatic rings. The smallest absolute Gasteiger partial charge is 0.220 e. The molecular weight excluding hydrogens is 144 g/mol. The van der Waals surface area contributed by atoms with Crippen LogP contribution in [0.4, 0.5) is 0 Å². The van der Waals surface area contributed by atoms with Gasteiger partial charge in [0.15, 0.2) is 17.4 Å². The Morgan fingerprint density at radius 3 is 2.11 bits per heavy atom. The summed E-state index contributed by atoms with van der Waals surface area (Å²) in [5.41, 5.74) is 0. The molecule has 0 aliphatic rings. The first-order valence-electron chi connectivity index (χ1n) is 2.23. The number of hydrogen-bond acceptors (Lipinski definition) is 3. The number of aldehydes is 1. The van der Waals surface area contributed by atoms with E-state index in [0.717, 1.165) is 6.92 Å². The molecule has 9 heavy (non-hydrogen) atoms. The molecule has 0 aromatic carbocycles. The van der Waals surface area contributed by atoms with Crippen molar-refractivity contribution in [2.45, 2.75) is 12.3 Å². The average Bonchev–Trinajstić information content (AvgIpc) is 1.84. The van der Waals surface area contributed by atoms with Crippen molar-refractivity contribution < 1.29 is 14.4 Å². The van der Waals surface area contributed by atoms with Crippen LogP contribution in [0.1, 0.15) is 6.92 Å².